The van der Waals surface area contributed by atoms with Crippen molar-refractivity contribution in [3.8, 4) is 34.4 Å². The SMILES string of the molecule is COc1ccc(NC(=O)c2ccc(-c3nnc(-c4ccc(C)cc4)o3)cc2)cc1OC(F)F. The lowest BCUT2D eigenvalue weighted by Crippen LogP contribution is -2.12. The molecule has 1 aromatic heterocycles. The van der Waals surface area contributed by atoms with Crippen LogP contribution in [0.5, 0.6) is 11.5 Å². The first-order chi connectivity index (χ1) is 15.9. The first kappa shape index (κ1) is 21.9. The van der Waals surface area contributed by atoms with Gasteiger partial charge in [0, 0.05) is 28.4 Å². The van der Waals surface area contributed by atoms with Crippen LogP contribution in [0.1, 0.15) is 15.9 Å². The van der Waals surface area contributed by atoms with Crippen molar-refractivity contribution >= 4 is 11.6 Å². The summed E-state index contributed by atoms with van der Waals surface area (Å²) in [6, 6.07) is 18.5. The van der Waals surface area contributed by atoms with Gasteiger partial charge in [-0.15, -0.1) is 10.2 Å². The Bertz CT molecular complexity index is 1260. The molecule has 0 aliphatic rings. The number of methoxy groups -OCH3 is 1. The van der Waals surface area contributed by atoms with Crippen molar-refractivity contribution in [3.63, 3.8) is 0 Å². The number of alkyl halides is 2. The van der Waals surface area contributed by atoms with E-state index >= 15 is 0 Å². The summed E-state index contributed by atoms with van der Waals surface area (Å²) in [6.45, 7) is -1.03. The van der Waals surface area contributed by atoms with Gasteiger partial charge in [0.05, 0.1) is 7.11 Å². The first-order valence-electron chi connectivity index (χ1n) is 9.88. The second kappa shape index (κ2) is 9.47. The Morgan fingerprint density at radius 3 is 2.09 bits per heavy atom. The third-order valence-corrected chi connectivity index (χ3v) is 4.76. The van der Waals surface area contributed by atoms with Gasteiger partial charge in [-0.05, 0) is 55.5 Å². The van der Waals surface area contributed by atoms with Gasteiger partial charge in [0.2, 0.25) is 11.8 Å². The van der Waals surface area contributed by atoms with Crippen molar-refractivity contribution < 1.29 is 27.5 Å². The van der Waals surface area contributed by atoms with E-state index in [9.17, 15) is 13.6 Å². The third-order valence-electron chi connectivity index (χ3n) is 4.76. The minimum absolute atomic E-state index is 0.127. The highest BCUT2D eigenvalue weighted by Gasteiger charge is 2.15. The highest BCUT2D eigenvalue weighted by Crippen LogP contribution is 2.32. The molecule has 1 amide bonds. The molecule has 0 radical (unpaired) electrons. The molecule has 0 aliphatic carbocycles. The second-order valence-electron chi connectivity index (χ2n) is 7.05. The van der Waals surface area contributed by atoms with Crippen molar-refractivity contribution in [1.82, 2.24) is 10.2 Å². The molecule has 1 heterocycles. The molecule has 168 valence electrons. The maximum absolute atomic E-state index is 12.6. The van der Waals surface area contributed by atoms with Crippen LogP contribution in [0.15, 0.2) is 71.1 Å². The fourth-order valence-corrected chi connectivity index (χ4v) is 3.06. The molecule has 33 heavy (non-hydrogen) atoms. The number of carbonyl (C=O) groups excluding carboxylic acids is 1. The fraction of sp³-hybridized carbons (Fsp3) is 0.125. The van der Waals surface area contributed by atoms with E-state index < -0.39 is 12.5 Å². The molecule has 0 atom stereocenters. The Balaban J connectivity index is 1.47. The van der Waals surface area contributed by atoms with E-state index in [2.05, 4.69) is 20.3 Å². The Morgan fingerprint density at radius 2 is 1.52 bits per heavy atom. The van der Waals surface area contributed by atoms with Crippen LogP contribution in [-0.2, 0) is 0 Å². The van der Waals surface area contributed by atoms with Crippen molar-refractivity contribution in [2.45, 2.75) is 13.5 Å². The number of amides is 1. The number of anilines is 1. The van der Waals surface area contributed by atoms with Gasteiger partial charge in [-0.3, -0.25) is 4.79 Å². The number of aryl methyl sites for hydroxylation is 1. The summed E-state index contributed by atoms with van der Waals surface area (Å²) in [5.41, 5.74) is 3.21. The van der Waals surface area contributed by atoms with E-state index in [1.54, 1.807) is 24.3 Å². The smallest absolute Gasteiger partial charge is 0.387 e. The Hall–Kier alpha value is -4.27. The predicted octanol–water partition coefficient (Wildman–Crippen LogP) is 5.57. The Morgan fingerprint density at radius 1 is 0.909 bits per heavy atom. The molecule has 7 nitrogen and oxygen atoms in total. The van der Waals surface area contributed by atoms with E-state index in [-0.39, 0.29) is 17.2 Å². The summed E-state index contributed by atoms with van der Waals surface area (Å²) in [7, 11) is 1.33. The van der Waals surface area contributed by atoms with Gasteiger partial charge in [0.1, 0.15) is 0 Å². The number of hydrogen-bond acceptors (Lipinski definition) is 6. The van der Waals surface area contributed by atoms with Crippen LogP contribution in [0.4, 0.5) is 14.5 Å². The van der Waals surface area contributed by atoms with Crippen molar-refractivity contribution in [2.75, 3.05) is 12.4 Å². The van der Waals surface area contributed by atoms with Gasteiger partial charge in [-0.25, -0.2) is 0 Å². The summed E-state index contributed by atoms with van der Waals surface area (Å²) >= 11 is 0. The molecule has 4 aromatic rings. The molecule has 3 aromatic carbocycles. The van der Waals surface area contributed by atoms with Crippen molar-refractivity contribution in [2.24, 2.45) is 0 Å². The third kappa shape index (κ3) is 5.15. The Labute approximate surface area is 188 Å². The number of nitrogens with zero attached hydrogens (tertiary/aromatic N) is 2. The minimum Gasteiger partial charge on any atom is -0.493 e. The van der Waals surface area contributed by atoms with Gasteiger partial charge in [0.25, 0.3) is 5.91 Å². The Kier molecular flexibility index (Phi) is 6.30. The summed E-state index contributed by atoms with van der Waals surface area (Å²) < 4.78 is 40.4. The van der Waals surface area contributed by atoms with Crippen LogP contribution in [0.3, 0.4) is 0 Å². The molecule has 1 N–H and O–H groups in total. The van der Waals surface area contributed by atoms with E-state index in [4.69, 9.17) is 9.15 Å². The number of hydrogen-bond donors (Lipinski definition) is 1. The van der Waals surface area contributed by atoms with Crippen LogP contribution < -0.4 is 14.8 Å². The van der Waals surface area contributed by atoms with Gasteiger partial charge in [0.15, 0.2) is 11.5 Å². The zero-order valence-corrected chi connectivity index (χ0v) is 17.7. The van der Waals surface area contributed by atoms with Crippen molar-refractivity contribution in [3.05, 3.63) is 77.9 Å². The van der Waals surface area contributed by atoms with E-state index in [0.717, 1.165) is 11.1 Å². The standard InChI is InChI=1S/C24H19F2N3O4/c1-14-3-5-16(6-4-14)22-28-29-23(33-22)17-9-7-15(8-10-17)21(30)27-18-11-12-19(31-2)20(13-18)32-24(25)26/h3-13,24H,1-2H3,(H,27,30). The second-order valence-corrected chi connectivity index (χ2v) is 7.05. The van der Waals surface area contributed by atoms with Crippen LogP contribution in [0.25, 0.3) is 22.9 Å². The molecular formula is C24H19F2N3O4. The molecule has 9 heteroatoms. The lowest BCUT2D eigenvalue weighted by molar-refractivity contribution is -0.0511. The maximum Gasteiger partial charge on any atom is 0.387 e. The molecule has 0 bridgehead atoms. The summed E-state index contributed by atoms with van der Waals surface area (Å²) in [6.07, 6.45) is 0. The van der Waals surface area contributed by atoms with Crippen LogP contribution >= 0.6 is 0 Å². The molecule has 0 unspecified atom stereocenters. The minimum atomic E-state index is -3.02. The number of ether oxygens (including phenoxy) is 2. The summed E-state index contributed by atoms with van der Waals surface area (Å²) in [4.78, 5) is 12.6. The first-order valence-corrected chi connectivity index (χ1v) is 9.88. The number of rotatable bonds is 7. The zero-order valence-electron chi connectivity index (χ0n) is 17.7. The monoisotopic (exact) mass is 451 g/mol. The fourth-order valence-electron chi connectivity index (χ4n) is 3.06. The highest BCUT2D eigenvalue weighted by molar-refractivity contribution is 6.04. The summed E-state index contributed by atoms with van der Waals surface area (Å²) in [5.74, 6) is 0.235. The average Bonchev–Trinajstić information content (AvgIpc) is 3.30. The quantitative estimate of drug-likeness (QED) is 0.395. The maximum atomic E-state index is 12.6. The van der Waals surface area contributed by atoms with Gasteiger partial charge >= 0.3 is 6.61 Å². The van der Waals surface area contributed by atoms with Gasteiger partial charge < -0.3 is 19.2 Å². The van der Waals surface area contributed by atoms with Crippen LogP contribution in [0, 0.1) is 6.92 Å². The lowest BCUT2D eigenvalue weighted by atomic mass is 10.1. The molecule has 0 aliphatic heterocycles. The normalized spacial score (nSPS) is 10.8. The number of nitrogens with one attached hydrogen (secondary N) is 1. The highest BCUT2D eigenvalue weighted by atomic mass is 19.3. The number of halogens is 2. The molecule has 0 saturated carbocycles. The van der Waals surface area contributed by atoms with E-state index in [1.807, 2.05) is 31.2 Å². The molecule has 0 spiro atoms. The number of benzene rings is 3. The molecular weight excluding hydrogens is 432 g/mol. The topological polar surface area (TPSA) is 86.5 Å². The lowest BCUT2D eigenvalue weighted by Gasteiger charge is -2.12. The van der Waals surface area contributed by atoms with Crippen LogP contribution in [0.2, 0.25) is 0 Å². The van der Waals surface area contributed by atoms with E-state index in [0.29, 0.717) is 22.9 Å². The predicted molar refractivity (Wildman–Crippen MR) is 117 cm³/mol. The molecule has 0 fully saturated rings. The zero-order chi connectivity index (χ0) is 23.4. The van der Waals surface area contributed by atoms with Crippen LogP contribution in [-0.4, -0.2) is 29.8 Å². The largest absolute Gasteiger partial charge is 0.493 e. The van der Waals surface area contributed by atoms with Crippen molar-refractivity contribution in [1.29, 1.82) is 0 Å². The summed E-state index contributed by atoms with van der Waals surface area (Å²) in [5, 5.41) is 10.8. The number of carbonyl (C=O) groups is 1. The van der Waals surface area contributed by atoms with Gasteiger partial charge in [-0.2, -0.15) is 8.78 Å². The molecule has 4 rings (SSSR count). The van der Waals surface area contributed by atoms with E-state index in [1.165, 1.54) is 25.3 Å². The van der Waals surface area contributed by atoms with Gasteiger partial charge in [-0.1, -0.05) is 17.7 Å². The molecule has 0 saturated heterocycles. The average molecular weight is 451 g/mol. The number of aromatic nitrogens is 2.